The highest BCUT2D eigenvalue weighted by Crippen LogP contribution is 2.20. The fraction of sp³-hybridized carbons (Fsp3) is 0.182. The van der Waals surface area contributed by atoms with Crippen LogP contribution >= 0.6 is 0 Å². The van der Waals surface area contributed by atoms with Crippen LogP contribution in [0.2, 0.25) is 0 Å². The van der Waals surface area contributed by atoms with Gasteiger partial charge in [0.1, 0.15) is 11.3 Å². The molecule has 0 aliphatic rings. The summed E-state index contributed by atoms with van der Waals surface area (Å²) in [7, 11) is 1.44. The van der Waals surface area contributed by atoms with E-state index in [4.69, 9.17) is 15.6 Å². The smallest absolute Gasteiger partial charge is 0.339 e. The van der Waals surface area contributed by atoms with Crippen LogP contribution in [0.25, 0.3) is 6.08 Å². The van der Waals surface area contributed by atoms with Crippen molar-refractivity contribution in [3.05, 3.63) is 35.4 Å². The summed E-state index contributed by atoms with van der Waals surface area (Å²) >= 11 is 0. The Labute approximate surface area is 88.0 Å². The highest BCUT2D eigenvalue weighted by molar-refractivity contribution is 5.91. The molecule has 1 aromatic carbocycles. The molecule has 0 aromatic heterocycles. The normalized spacial score (nSPS) is 10.5. The largest absolute Gasteiger partial charge is 0.496 e. The molecule has 0 atom stereocenters. The molecule has 0 radical (unpaired) electrons. The van der Waals surface area contributed by atoms with Crippen molar-refractivity contribution in [2.75, 3.05) is 13.7 Å². The lowest BCUT2D eigenvalue weighted by atomic mass is 10.1. The van der Waals surface area contributed by atoms with Gasteiger partial charge in [-0.1, -0.05) is 18.2 Å². The van der Waals surface area contributed by atoms with Crippen LogP contribution in [0.3, 0.4) is 0 Å². The number of carbonyl (C=O) groups is 1. The number of hydrogen-bond acceptors (Lipinski definition) is 3. The minimum Gasteiger partial charge on any atom is -0.496 e. The maximum atomic E-state index is 10.8. The number of carboxylic acids is 1. The summed E-state index contributed by atoms with van der Waals surface area (Å²) in [5.41, 5.74) is 6.33. The van der Waals surface area contributed by atoms with Crippen LogP contribution < -0.4 is 10.5 Å². The number of carboxylic acid groups (broad SMARTS) is 1. The molecule has 0 saturated heterocycles. The Balaban J connectivity index is 3.07. The van der Waals surface area contributed by atoms with Gasteiger partial charge in [0.15, 0.2) is 0 Å². The van der Waals surface area contributed by atoms with Gasteiger partial charge in [-0.05, 0) is 17.7 Å². The molecule has 0 spiro atoms. The first-order valence-electron chi connectivity index (χ1n) is 4.47. The first-order valence-corrected chi connectivity index (χ1v) is 4.47. The van der Waals surface area contributed by atoms with Gasteiger partial charge < -0.3 is 15.6 Å². The second-order valence-corrected chi connectivity index (χ2v) is 2.90. The molecule has 0 aliphatic heterocycles. The average Bonchev–Trinajstić information content (AvgIpc) is 2.25. The van der Waals surface area contributed by atoms with Gasteiger partial charge in [-0.15, -0.1) is 0 Å². The third kappa shape index (κ3) is 2.82. The van der Waals surface area contributed by atoms with E-state index in [1.807, 2.05) is 6.08 Å². The Hall–Kier alpha value is -1.81. The maximum absolute atomic E-state index is 10.8. The molecule has 3 N–H and O–H groups in total. The van der Waals surface area contributed by atoms with Crippen molar-refractivity contribution in [1.29, 1.82) is 0 Å². The van der Waals surface area contributed by atoms with Crippen molar-refractivity contribution in [1.82, 2.24) is 0 Å². The Morgan fingerprint density at radius 1 is 1.60 bits per heavy atom. The number of benzene rings is 1. The quantitative estimate of drug-likeness (QED) is 0.782. The molecule has 0 unspecified atom stereocenters. The lowest BCUT2D eigenvalue weighted by molar-refractivity contribution is 0.0693. The first-order chi connectivity index (χ1) is 7.19. The van der Waals surface area contributed by atoms with Gasteiger partial charge in [-0.3, -0.25) is 0 Å². The van der Waals surface area contributed by atoms with E-state index in [2.05, 4.69) is 0 Å². The molecule has 4 heteroatoms. The molecule has 1 rings (SSSR count). The Bertz CT molecular complexity index is 385. The summed E-state index contributed by atoms with van der Waals surface area (Å²) in [5, 5.41) is 8.85. The van der Waals surface area contributed by atoms with E-state index in [-0.39, 0.29) is 5.56 Å². The van der Waals surface area contributed by atoms with Gasteiger partial charge in [-0.25, -0.2) is 4.79 Å². The van der Waals surface area contributed by atoms with Crippen LogP contribution in [0.15, 0.2) is 24.3 Å². The number of methoxy groups -OCH3 is 1. The zero-order valence-electron chi connectivity index (χ0n) is 8.43. The van der Waals surface area contributed by atoms with E-state index in [1.165, 1.54) is 13.2 Å². The minimum atomic E-state index is -0.999. The van der Waals surface area contributed by atoms with Crippen molar-refractivity contribution in [3.63, 3.8) is 0 Å². The van der Waals surface area contributed by atoms with E-state index >= 15 is 0 Å². The third-order valence-electron chi connectivity index (χ3n) is 1.90. The molecule has 1 aromatic rings. The van der Waals surface area contributed by atoms with Gasteiger partial charge in [0.25, 0.3) is 0 Å². The number of nitrogens with two attached hydrogens (primary N) is 1. The molecule has 4 nitrogen and oxygen atoms in total. The van der Waals surface area contributed by atoms with Gasteiger partial charge in [0.2, 0.25) is 0 Å². The van der Waals surface area contributed by atoms with Crippen molar-refractivity contribution in [2.24, 2.45) is 5.73 Å². The lowest BCUT2D eigenvalue weighted by Gasteiger charge is -2.05. The lowest BCUT2D eigenvalue weighted by Crippen LogP contribution is -2.00. The SMILES string of the molecule is COc1cc(C=CCN)ccc1C(=O)O. The standard InChI is InChI=1S/C11H13NO3/c1-15-10-7-8(3-2-6-12)4-5-9(10)11(13)14/h2-5,7H,6,12H2,1H3,(H,13,14). The van der Waals surface area contributed by atoms with Crippen LogP contribution in [-0.2, 0) is 0 Å². The highest BCUT2D eigenvalue weighted by Gasteiger charge is 2.09. The van der Waals surface area contributed by atoms with E-state index in [0.29, 0.717) is 12.3 Å². The summed E-state index contributed by atoms with van der Waals surface area (Å²) < 4.78 is 4.98. The summed E-state index contributed by atoms with van der Waals surface area (Å²) in [6, 6.07) is 4.88. The van der Waals surface area contributed by atoms with E-state index < -0.39 is 5.97 Å². The minimum absolute atomic E-state index is 0.155. The monoisotopic (exact) mass is 207 g/mol. The summed E-state index contributed by atoms with van der Waals surface area (Å²) in [6.45, 7) is 0.447. The highest BCUT2D eigenvalue weighted by atomic mass is 16.5. The molecule has 0 saturated carbocycles. The number of rotatable bonds is 4. The molecule has 0 aliphatic carbocycles. The van der Waals surface area contributed by atoms with E-state index in [0.717, 1.165) is 5.56 Å². The molecule has 15 heavy (non-hydrogen) atoms. The number of aromatic carboxylic acids is 1. The van der Waals surface area contributed by atoms with Crippen LogP contribution in [0, 0.1) is 0 Å². The number of ether oxygens (including phenoxy) is 1. The Morgan fingerprint density at radius 3 is 2.87 bits per heavy atom. The Morgan fingerprint density at radius 2 is 2.33 bits per heavy atom. The molecular formula is C11H13NO3. The fourth-order valence-corrected chi connectivity index (χ4v) is 1.19. The van der Waals surface area contributed by atoms with Crippen molar-refractivity contribution in [3.8, 4) is 5.75 Å². The summed E-state index contributed by atoms with van der Waals surface area (Å²) in [4.78, 5) is 10.8. The molecule has 0 heterocycles. The van der Waals surface area contributed by atoms with Crippen LogP contribution in [0.4, 0.5) is 0 Å². The van der Waals surface area contributed by atoms with E-state index in [9.17, 15) is 4.79 Å². The second-order valence-electron chi connectivity index (χ2n) is 2.90. The second kappa shape index (κ2) is 5.17. The number of hydrogen-bond donors (Lipinski definition) is 2. The van der Waals surface area contributed by atoms with Crippen molar-refractivity contribution in [2.45, 2.75) is 0 Å². The average molecular weight is 207 g/mol. The zero-order chi connectivity index (χ0) is 11.3. The van der Waals surface area contributed by atoms with Crippen molar-refractivity contribution < 1.29 is 14.6 Å². The van der Waals surface area contributed by atoms with Gasteiger partial charge in [0.05, 0.1) is 7.11 Å². The summed E-state index contributed by atoms with van der Waals surface area (Å²) in [5.74, 6) is -0.650. The van der Waals surface area contributed by atoms with Gasteiger partial charge >= 0.3 is 5.97 Å². The van der Waals surface area contributed by atoms with E-state index in [1.54, 1.807) is 18.2 Å². The van der Waals surface area contributed by atoms with Gasteiger partial charge in [0, 0.05) is 6.54 Å². The third-order valence-corrected chi connectivity index (χ3v) is 1.90. The predicted octanol–water partition coefficient (Wildman–Crippen LogP) is 1.37. The molecule has 0 fully saturated rings. The summed E-state index contributed by atoms with van der Waals surface area (Å²) in [6.07, 6.45) is 3.60. The van der Waals surface area contributed by atoms with Crippen LogP contribution in [0.5, 0.6) is 5.75 Å². The molecule has 0 bridgehead atoms. The maximum Gasteiger partial charge on any atom is 0.339 e. The van der Waals surface area contributed by atoms with Crippen LogP contribution in [-0.4, -0.2) is 24.7 Å². The van der Waals surface area contributed by atoms with Crippen molar-refractivity contribution >= 4 is 12.0 Å². The topological polar surface area (TPSA) is 72.5 Å². The zero-order valence-corrected chi connectivity index (χ0v) is 8.43. The predicted molar refractivity (Wildman–Crippen MR) is 58.0 cm³/mol. The molecule has 0 amide bonds. The van der Waals surface area contributed by atoms with Crippen LogP contribution in [0.1, 0.15) is 15.9 Å². The first kappa shape index (κ1) is 11.3. The fourth-order valence-electron chi connectivity index (χ4n) is 1.19. The molecular weight excluding hydrogens is 194 g/mol. The molecule has 80 valence electrons. The van der Waals surface area contributed by atoms with Gasteiger partial charge in [-0.2, -0.15) is 0 Å². The Kier molecular flexibility index (Phi) is 3.88.